The van der Waals surface area contributed by atoms with Gasteiger partial charge in [-0.05, 0) is 47.7 Å². The molecule has 39 heavy (non-hydrogen) atoms. The SMILES string of the molecule is COC(=O)N[C@H](C(=O)N1CCC[C@H]1c1ncc(-c2ccc3cc(OS(=O)(=O)C(F)(F)F)ccc3c2)[nH]1)C(C)C. The zero-order valence-corrected chi connectivity index (χ0v) is 22.1. The van der Waals surface area contributed by atoms with Crippen LogP contribution in [-0.2, 0) is 19.6 Å². The average molecular weight is 569 g/mol. The lowest BCUT2D eigenvalue weighted by Crippen LogP contribution is -2.51. The smallest absolute Gasteiger partial charge is 0.453 e. The van der Waals surface area contributed by atoms with E-state index in [1.54, 1.807) is 29.3 Å². The van der Waals surface area contributed by atoms with Crippen molar-refractivity contribution in [2.24, 2.45) is 5.92 Å². The Hall–Kier alpha value is -3.81. The highest BCUT2D eigenvalue weighted by molar-refractivity contribution is 7.88. The summed E-state index contributed by atoms with van der Waals surface area (Å²) >= 11 is 0. The quantitative estimate of drug-likeness (QED) is 0.317. The minimum atomic E-state index is -5.77. The van der Waals surface area contributed by atoms with Crippen molar-refractivity contribution >= 4 is 32.9 Å². The number of ether oxygens (including phenoxy) is 1. The van der Waals surface area contributed by atoms with Crippen molar-refractivity contribution in [3.63, 3.8) is 0 Å². The first-order valence-corrected chi connectivity index (χ1v) is 13.5. The predicted octanol–water partition coefficient (Wildman–Crippen LogP) is 4.50. The molecule has 4 rings (SSSR count). The summed E-state index contributed by atoms with van der Waals surface area (Å²) in [6.45, 7) is 4.17. The van der Waals surface area contributed by atoms with E-state index in [1.165, 1.54) is 19.2 Å². The number of hydrogen-bond acceptors (Lipinski definition) is 7. The Morgan fingerprint density at radius 2 is 1.85 bits per heavy atom. The number of amides is 2. The van der Waals surface area contributed by atoms with Crippen LogP contribution in [0.4, 0.5) is 18.0 Å². The molecule has 10 nitrogen and oxygen atoms in total. The zero-order chi connectivity index (χ0) is 28.5. The maximum absolute atomic E-state index is 13.3. The van der Waals surface area contributed by atoms with Crippen molar-refractivity contribution in [3.8, 4) is 17.0 Å². The number of carbonyl (C=O) groups excluding carboxylic acids is 2. The van der Waals surface area contributed by atoms with E-state index >= 15 is 0 Å². The number of aromatic nitrogens is 2. The third kappa shape index (κ3) is 5.95. The van der Waals surface area contributed by atoms with E-state index in [4.69, 9.17) is 0 Å². The molecule has 1 saturated heterocycles. The third-order valence-electron chi connectivity index (χ3n) is 6.45. The Morgan fingerprint density at radius 3 is 2.51 bits per heavy atom. The van der Waals surface area contributed by atoms with E-state index in [0.29, 0.717) is 35.3 Å². The number of fused-ring (bicyclic) bond motifs is 1. The number of carbonyl (C=O) groups is 2. The van der Waals surface area contributed by atoms with E-state index in [1.807, 2.05) is 13.8 Å². The second kappa shape index (κ2) is 10.8. The number of methoxy groups -OCH3 is 1. The van der Waals surface area contributed by atoms with Gasteiger partial charge in [-0.15, -0.1) is 0 Å². The molecule has 0 spiro atoms. The minimum absolute atomic E-state index is 0.165. The molecule has 1 aliphatic rings. The summed E-state index contributed by atoms with van der Waals surface area (Å²) in [5, 5.41) is 3.71. The number of alkyl halides is 3. The Kier molecular flexibility index (Phi) is 7.77. The summed E-state index contributed by atoms with van der Waals surface area (Å²) in [4.78, 5) is 34.5. The van der Waals surface area contributed by atoms with Gasteiger partial charge in [0.05, 0.1) is 25.0 Å². The zero-order valence-electron chi connectivity index (χ0n) is 21.3. The maximum Gasteiger partial charge on any atom is 0.534 e. The van der Waals surface area contributed by atoms with Gasteiger partial charge in [0.2, 0.25) is 5.91 Å². The molecule has 0 radical (unpaired) electrons. The monoisotopic (exact) mass is 568 g/mol. The Bertz CT molecular complexity index is 1490. The fourth-order valence-electron chi connectivity index (χ4n) is 4.46. The molecule has 0 saturated carbocycles. The van der Waals surface area contributed by atoms with E-state index < -0.39 is 33.5 Å². The first-order chi connectivity index (χ1) is 18.3. The number of likely N-dealkylation sites (tertiary alicyclic amines) is 1. The van der Waals surface area contributed by atoms with Gasteiger partial charge in [0, 0.05) is 12.1 Å². The van der Waals surface area contributed by atoms with Crippen molar-refractivity contribution in [3.05, 3.63) is 48.4 Å². The number of halogens is 3. The molecule has 2 atom stereocenters. The van der Waals surface area contributed by atoms with Gasteiger partial charge >= 0.3 is 21.7 Å². The van der Waals surface area contributed by atoms with Crippen molar-refractivity contribution in [2.75, 3.05) is 13.7 Å². The van der Waals surface area contributed by atoms with Crippen molar-refractivity contribution in [1.29, 1.82) is 0 Å². The van der Waals surface area contributed by atoms with Gasteiger partial charge in [0.25, 0.3) is 0 Å². The normalized spacial score (nSPS) is 16.9. The summed E-state index contributed by atoms with van der Waals surface area (Å²) in [6.07, 6.45) is 2.38. The van der Waals surface area contributed by atoms with E-state index in [-0.39, 0.29) is 17.9 Å². The lowest BCUT2D eigenvalue weighted by molar-refractivity contribution is -0.135. The molecule has 3 aromatic rings. The van der Waals surface area contributed by atoms with Crippen LogP contribution in [0.15, 0.2) is 42.6 Å². The minimum Gasteiger partial charge on any atom is -0.453 e. The lowest BCUT2D eigenvalue weighted by atomic mass is 10.0. The first-order valence-electron chi connectivity index (χ1n) is 12.1. The summed E-state index contributed by atoms with van der Waals surface area (Å²) in [5.41, 5.74) is -4.16. The van der Waals surface area contributed by atoms with Crippen LogP contribution in [0.3, 0.4) is 0 Å². The van der Waals surface area contributed by atoms with Gasteiger partial charge in [-0.1, -0.05) is 32.0 Å². The predicted molar refractivity (Wildman–Crippen MR) is 135 cm³/mol. The molecule has 1 aliphatic heterocycles. The van der Waals surface area contributed by atoms with Crippen LogP contribution < -0.4 is 9.50 Å². The lowest BCUT2D eigenvalue weighted by Gasteiger charge is -2.30. The number of imidazole rings is 1. The van der Waals surface area contributed by atoms with E-state index in [2.05, 4.69) is 24.2 Å². The Labute approximate surface area is 222 Å². The van der Waals surface area contributed by atoms with Crippen molar-refractivity contribution < 1.29 is 40.1 Å². The molecule has 1 aromatic heterocycles. The average Bonchev–Trinajstić information content (AvgIpc) is 3.55. The van der Waals surface area contributed by atoms with Crippen LogP contribution in [0.2, 0.25) is 0 Å². The molecule has 0 bridgehead atoms. The summed E-state index contributed by atoms with van der Waals surface area (Å²) in [5.74, 6) is -0.268. The number of aromatic amines is 1. The highest BCUT2D eigenvalue weighted by atomic mass is 32.2. The first kappa shape index (κ1) is 28.2. The number of nitrogens with one attached hydrogen (secondary N) is 2. The number of nitrogens with zero attached hydrogens (tertiary/aromatic N) is 2. The van der Waals surface area contributed by atoms with Crippen LogP contribution in [0.5, 0.6) is 5.75 Å². The van der Waals surface area contributed by atoms with E-state index in [9.17, 15) is 31.2 Å². The topological polar surface area (TPSA) is 131 Å². The molecule has 1 fully saturated rings. The molecule has 2 heterocycles. The molecule has 2 N–H and O–H groups in total. The highest BCUT2D eigenvalue weighted by Crippen LogP contribution is 2.34. The second-order valence-electron chi connectivity index (χ2n) is 9.44. The van der Waals surface area contributed by atoms with Crippen LogP contribution in [0, 0.1) is 5.92 Å². The van der Waals surface area contributed by atoms with Gasteiger partial charge in [-0.2, -0.15) is 21.6 Å². The summed E-state index contributed by atoms with van der Waals surface area (Å²) in [6, 6.07) is 7.82. The molecular weight excluding hydrogens is 541 g/mol. The van der Waals surface area contributed by atoms with Crippen LogP contribution in [-0.4, -0.2) is 60.5 Å². The maximum atomic E-state index is 13.3. The van der Waals surface area contributed by atoms with Gasteiger partial charge < -0.3 is 24.1 Å². The van der Waals surface area contributed by atoms with Crippen LogP contribution >= 0.6 is 0 Å². The molecule has 0 aliphatic carbocycles. The molecule has 210 valence electrons. The summed E-state index contributed by atoms with van der Waals surface area (Å²) < 4.78 is 69.4. The number of rotatable bonds is 7. The van der Waals surface area contributed by atoms with Gasteiger partial charge in [-0.3, -0.25) is 4.79 Å². The third-order valence-corrected chi connectivity index (χ3v) is 7.43. The molecular formula is C25H27F3N4O6S. The largest absolute Gasteiger partial charge is 0.534 e. The molecule has 14 heteroatoms. The van der Waals surface area contributed by atoms with Gasteiger partial charge in [0.15, 0.2) is 0 Å². The van der Waals surface area contributed by atoms with E-state index in [0.717, 1.165) is 18.1 Å². The molecule has 2 aromatic carbocycles. The highest BCUT2D eigenvalue weighted by Gasteiger charge is 2.48. The fraction of sp³-hybridized carbons (Fsp3) is 0.400. The molecule has 0 unspecified atom stereocenters. The number of alkyl carbamates (subject to hydrolysis) is 1. The molecule has 2 amide bonds. The van der Waals surface area contributed by atoms with Gasteiger partial charge in [-0.25, -0.2) is 9.78 Å². The number of hydrogen-bond donors (Lipinski definition) is 2. The Balaban J connectivity index is 1.54. The second-order valence-corrected chi connectivity index (χ2v) is 11.0. The van der Waals surface area contributed by atoms with Gasteiger partial charge in [0.1, 0.15) is 17.6 Å². The number of benzene rings is 2. The van der Waals surface area contributed by atoms with Crippen LogP contribution in [0.1, 0.15) is 38.6 Å². The van der Waals surface area contributed by atoms with Crippen molar-refractivity contribution in [2.45, 2.75) is 44.3 Å². The van der Waals surface area contributed by atoms with Crippen molar-refractivity contribution in [1.82, 2.24) is 20.2 Å². The standard InChI is InChI=1S/C25H27F3N4O6S/c1-14(2)21(31-24(34)37-3)23(33)32-10-4-5-20(32)22-29-13-19(30-22)17-7-6-16-12-18(9-8-15(16)11-17)38-39(35,36)25(26,27)28/h6-9,11-14,20-21H,4-5,10H2,1-3H3,(H,29,30)(H,31,34)/t20-,21-/m0/s1. The fourth-order valence-corrected chi connectivity index (χ4v) is 4.91. The van der Waals surface area contributed by atoms with Crippen LogP contribution in [0.25, 0.3) is 22.0 Å². The number of H-pyrrole nitrogens is 1. The Morgan fingerprint density at radius 1 is 1.15 bits per heavy atom. The summed E-state index contributed by atoms with van der Waals surface area (Å²) in [7, 11) is -4.54.